The first-order valence-corrected chi connectivity index (χ1v) is 7.04. The summed E-state index contributed by atoms with van der Waals surface area (Å²) in [5.41, 5.74) is 3.26. The Morgan fingerprint density at radius 2 is 2.05 bits per heavy atom. The number of hydrogen-bond donors (Lipinski definition) is 1. The zero-order chi connectivity index (χ0) is 15.4. The molecule has 0 spiro atoms. The van der Waals surface area contributed by atoms with E-state index in [4.69, 9.17) is 0 Å². The molecule has 0 fully saturated rings. The molecule has 0 bridgehead atoms. The van der Waals surface area contributed by atoms with Gasteiger partial charge in [0.1, 0.15) is 0 Å². The van der Waals surface area contributed by atoms with Gasteiger partial charge < -0.3 is 10.2 Å². The summed E-state index contributed by atoms with van der Waals surface area (Å²) in [5.74, 6) is 0.0666. The van der Waals surface area contributed by atoms with Gasteiger partial charge in [-0.15, -0.1) is 0 Å². The number of nitrogens with one attached hydrogen (secondary N) is 1. The van der Waals surface area contributed by atoms with Crippen LogP contribution in [-0.4, -0.2) is 40.7 Å². The number of amides is 1. The summed E-state index contributed by atoms with van der Waals surface area (Å²) < 4.78 is 1.91. The van der Waals surface area contributed by atoms with E-state index in [2.05, 4.69) is 23.4 Å². The predicted molar refractivity (Wildman–Crippen MR) is 83.3 cm³/mol. The average Bonchev–Trinajstić information content (AvgIpc) is 2.92. The molecule has 2 aromatic rings. The molecular formula is C16H22N4O. The highest BCUT2D eigenvalue weighted by Gasteiger charge is 2.15. The Labute approximate surface area is 125 Å². The van der Waals surface area contributed by atoms with Gasteiger partial charge in [-0.05, 0) is 31.5 Å². The van der Waals surface area contributed by atoms with Gasteiger partial charge in [0.15, 0.2) is 0 Å². The second-order valence-electron chi connectivity index (χ2n) is 5.36. The quantitative estimate of drug-likeness (QED) is 0.911. The SMILES string of the molecule is Cc1ccccc1-n1nccc1CN[C@@H](C)C(=O)N(C)C. The third-order valence-electron chi connectivity index (χ3n) is 3.47. The van der Waals surface area contributed by atoms with Crippen LogP contribution < -0.4 is 5.32 Å². The van der Waals surface area contributed by atoms with Crippen LogP contribution in [0.4, 0.5) is 0 Å². The lowest BCUT2D eigenvalue weighted by Crippen LogP contribution is -2.41. The summed E-state index contributed by atoms with van der Waals surface area (Å²) in [5, 5.41) is 7.63. The van der Waals surface area contributed by atoms with Crippen LogP contribution in [0.1, 0.15) is 18.2 Å². The monoisotopic (exact) mass is 286 g/mol. The molecule has 0 radical (unpaired) electrons. The van der Waals surface area contributed by atoms with Crippen LogP contribution in [0, 0.1) is 6.92 Å². The molecule has 0 aliphatic heterocycles. The van der Waals surface area contributed by atoms with Crippen LogP contribution in [0.25, 0.3) is 5.69 Å². The van der Waals surface area contributed by atoms with Crippen LogP contribution in [0.5, 0.6) is 0 Å². The number of benzene rings is 1. The first-order chi connectivity index (χ1) is 10.0. The molecule has 0 aliphatic rings. The highest BCUT2D eigenvalue weighted by molar-refractivity contribution is 5.80. The number of nitrogens with zero attached hydrogens (tertiary/aromatic N) is 3. The number of hydrogen-bond acceptors (Lipinski definition) is 3. The smallest absolute Gasteiger partial charge is 0.238 e. The molecule has 5 heteroatoms. The highest BCUT2D eigenvalue weighted by atomic mass is 16.2. The van der Waals surface area contributed by atoms with Crippen molar-refractivity contribution in [3.05, 3.63) is 47.8 Å². The van der Waals surface area contributed by atoms with Gasteiger partial charge in [-0.3, -0.25) is 4.79 Å². The van der Waals surface area contributed by atoms with Crippen molar-refractivity contribution in [2.75, 3.05) is 14.1 Å². The number of likely N-dealkylation sites (N-methyl/N-ethyl adjacent to an activating group) is 1. The minimum atomic E-state index is -0.222. The van der Waals surface area contributed by atoms with Crippen molar-refractivity contribution in [2.45, 2.75) is 26.4 Å². The summed E-state index contributed by atoms with van der Waals surface area (Å²) in [6, 6.07) is 9.86. The Bertz CT molecular complexity index is 618. The fourth-order valence-electron chi connectivity index (χ4n) is 2.21. The van der Waals surface area contributed by atoms with Gasteiger partial charge in [0.05, 0.1) is 17.4 Å². The van der Waals surface area contributed by atoms with Crippen molar-refractivity contribution in [2.24, 2.45) is 0 Å². The van der Waals surface area contributed by atoms with Crippen molar-refractivity contribution in [1.29, 1.82) is 0 Å². The maximum atomic E-state index is 11.9. The van der Waals surface area contributed by atoms with E-state index in [0.717, 1.165) is 11.4 Å². The summed E-state index contributed by atoms with van der Waals surface area (Å²) in [7, 11) is 3.52. The molecule has 1 atom stereocenters. The molecule has 5 nitrogen and oxygen atoms in total. The molecular weight excluding hydrogens is 264 g/mol. The van der Waals surface area contributed by atoms with E-state index in [0.29, 0.717) is 6.54 Å². The molecule has 1 N–H and O–H groups in total. The van der Waals surface area contributed by atoms with Crippen molar-refractivity contribution < 1.29 is 4.79 Å². The van der Waals surface area contributed by atoms with Gasteiger partial charge in [0.25, 0.3) is 0 Å². The molecule has 0 saturated carbocycles. The number of rotatable bonds is 5. The highest BCUT2D eigenvalue weighted by Crippen LogP contribution is 2.14. The topological polar surface area (TPSA) is 50.2 Å². The Balaban J connectivity index is 2.12. The average molecular weight is 286 g/mol. The fourth-order valence-corrected chi connectivity index (χ4v) is 2.21. The molecule has 1 aromatic heterocycles. The molecule has 112 valence electrons. The summed E-state index contributed by atoms with van der Waals surface area (Å²) in [6.45, 7) is 4.53. The van der Waals surface area contributed by atoms with E-state index in [9.17, 15) is 4.79 Å². The second kappa shape index (κ2) is 6.54. The van der Waals surface area contributed by atoms with Crippen LogP contribution in [-0.2, 0) is 11.3 Å². The third-order valence-corrected chi connectivity index (χ3v) is 3.47. The first kappa shape index (κ1) is 15.3. The lowest BCUT2D eigenvalue weighted by atomic mass is 10.2. The molecule has 1 heterocycles. The second-order valence-corrected chi connectivity index (χ2v) is 5.36. The Morgan fingerprint density at radius 1 is 1.33 bits per heavy atom. The van der Waals surface area contributed by atoms with Gasteiger partial charge >= 0.3 is 0 Å². The molecule has 1 aromatic carbocycles. The zero-order valence-corrected chi connectivity index (χ0v) is 13.0. The normalized spacial score (nSPS) is 12.2. The van der Waals surface area contributed by atoms with Crippen molar-refractivity contribution in [3.8, 4) is 5.69 Å². The van der Waals surface area contributed by atoms with Gasteiger partial charge in [-0.2, -0.15) is 5.10 Å². The number of carbonyl (C=O) groups is 1. The Kier molecular flexibility index (Phi) is 4.75. The van der Waals surface area contributed by atoms with E-state index in [1.54, 1.807) is 25.2 Å². The lowest BCUT2D eigenvalue weighted by Gasteiger charge is -2.18. The van der Waals surface area contributed by atoms with Crippen LogP contribution in [0.15, 0.2) is 36.5 Å². The molecule has 1 amide bonds. The summed E-state index contributed by atoms with van der Waals surface area (Å²) >= 11 is 0. The number of aromatic nitrogens is 2. The maximum Gasteiger partial charge on any atom is 0.238 e. The minimum absolute atomic E-state index is 0.0666. The molecule has 0 unspecified atom stereocenters. The number of carbonyl (C=O) groups excluding carboxylic acids is 1. The molecule has 2 rings (SSSR count). The summed E-state index contributed by atoms with van der Waals surface area (Å²) in [6.07, 6.45) is 1.78. The maximum absolute atomic E-state index is 11.9. The fraction of sp³-hybridized carbons (Fsp3) is 0.375. The van der Waals surface area contributed by atoms with Crippen molar-refractivity contribution in [3.63, 3.8) is 0 Å². The van der Waals surface area contributed by atoms with Gasteiger partial charge in [-0.25, -0.2) is 4.68 Å². The lowest BCUT2D eigenvalue weighted by molar-refractivity contribution is -0.130. The molecule has 0 saturated heterocycles. The van der Waals surface area contributed by atoms with Gasteiger partial charge in [0, 0.05) is 26.8 Å². The Hall–Kier alpha value is -2.14. The first-order valence-electron chi connectivity index (χ1n) is 7.04. The van der Waals surface area contributed by atoms with E-state index in [-0.39, 0.29) is 11.9 Å². The van der Waals surface area contributed by atoms with Crippen LogP contribution >= 0.6 is 0 Å². The van der Waals surface area contributed by atoms with Crippen LogP contribution in [0.3, 0.4) is 0 Å². The largest absolute Gasteiger partial charge is 0.347 e. The minimum Gasteiger partial charge on any atom is -0.347 e. The van der Waals surface area contributed by atoms with E-state index < -0.39 is 0 Å². The van der Waals surface area contributed by atoms with Gasteiger partial charge in [0.2, 0.25) is 5.91 Å². The number of para-hydroxylation sites is 1. The van der Waals surface area contributed by atoms with E-state index >= 15 is 0 Å². The molecule has 21 heavy (non-hydrogen) atoms. The molecule has 0 aliphatic carbocycles. The Morgan fingerprint density at radius 3 is 2.71 bits per heavy atom. The summed E-state index contributed by atoms with van der Waals surface area (Å²) in [4.78, 5) is 13.4. The number of aryl methyl sites for hydroxylation is 1. The van der Waals surface area contributed by atoms with Crippen molar-refractivity contribution in [1.82, 2.24) is 20.0 Å². The van der Waals surface area contributed by atoms with E-state index in [1.807, 2.05) is 35.9 Å². The predicted octanol–water partition coefficient (Wildman–Crippen LogP) is 1.75. The third kappa shape index (κ3) is 3.49. The standard InChI is InChI=1S/C16H22N4O/c1-12-7-5-6-8-15(12)20-14(9-10-18-20)11-17-13(2)16(21)19(3)4/h5-10,13,17H,11H2,1-4H3/t13-/m0/s1. The van der Waals surface area contributed by atoms with E-state index in [1.165, 1.54) is 5.56 Å². The van der Waals surface area contributed by atoms with Crippen LogP contribution in [0.2, 0.25) is 0 Å². The van der Waals surface area contributed by atoms with Crippen molar-refractivity contribution >= 4 is 5.91 Å². The zero-order valence-electron chi connectivity index (χ0n) is 13.0. The van der Waals surface area contributed by atoms with Gasteiger partial charge in [-0.1, -0.05) is 18.2 Å².